The number of unbranched alkanes of at least 4 members (excludes halogenated alkanes) is 24. The lowest BCUT2D eigenvalue weighted by atomic mass is 10.0. The molecule has 46 heavy (non-hydrogen) atoms. The van der Waals surface area contributed by atoms with Crippen molar-refractivity contribution in [3.63, 3.8) is 0 Å². The Morgan fingerprint density at radius 1 is 0.478 bits per heavy atom. The van der Waals surface area contributed by atoms with Gasteiger partial charge in [0.15, 0.2) is 6.10 Å². The van der Waals surface area contributed by atoms with Crippen LogP contribution in [0.25, 0.3) is 0 Å². The third-order valence-electron chi connectivity index (χ3n) is 8.86. The average Bonchev–Trinajstić information content (AvgIpc) is 3.05. The van der Waals surface area contributed by atoms with E-state index in [-0.39, 0.29) is 5.97 Å². The van der Waals surface area contributed by atoms with Crippen molar-refractivity contribution in [3.05, 3.63) is 36.5 Å². The second-order valence-corrected chi connectivity index (χ2v) is 13.4. The lowest BCUT2D eigenvalue weighted by molar-refractivity contribution is -0.164. The third kappa shape index (κ3) is 35.0. The monoisotopic (exact) mass is 645 g/mol. The molecule has 0 spiro atoms. The molecule has 0 aromatic rings. The van der Waals surface area contributed by atoms with Crippen molar-refractivity contribution < 1.29 is 19.4 Å². The summed E-state index contributed by atoms with van der Waals surface area (Å²) in [6.45, 7) is 4.51. The van der Waals surface area contributed by atoms with E-state index in [1.165, 1.54) is 135 Å². The number of carbonyl (C=O) groups excluding carboxylic acids is 1. The zero-order valence-electron chi connectivity index (χ0n) is 30.6. The Kier molecular flexibility index (Phi) is 36.1. The zero-order valence-corrected chi connectivity index (χ0v) is 30.6. The molecule has 0 aromatic carbocycles. The van der Waals surface area contributed by atoms with E-state index in [4.69, 9.17) is 4.74 Å². The van der Waals surface area contributed by atoms with Crippen LogP contribution in [0, 0.1) is 0 Å². The number of aliphatic carboxylic acids is 1. The molecule has 1 unspecified atom stereocenters. The van der Waals surface area contributed by atoms with Gasteiger partial charge in [-0.05, 0) is 77.0 Å². The van der Waals surface area contributed by atoms with Gasteiger partial charge in [-0.25, -0.2) is 4.79 Å². The van der Waals surface area contributed by atoms with Gasteiger partial charge in [0.1, 0.15) is 0 Å². The SMILES string of the molecule is CCCCC/C=C\C/C=C\CCCC/C=C\CCCCCCCC(=O)OC(CCCCCCCCCCCCCCCC)C(=O)O. The smallest absolute Gasteiger partial charge is 0.345 e. The minimum absolute atomic E-state index is 0.327. The van der Waals surface area contributed by atoms with Crippen LogP contribution in [0.4, 0.5) is 0 Å². The number of hydrogen-bond donors (Lipinski definition) is 1. The van der Waals surface area contributed by atoms with Gasteiger partial charge >= 0.3 is 11.9 Å². The maximum atomic E-state index is 12.2. The Bertz CT molecular complexity index is 738. The Labute approximate surface area is 286 Å². The van der Waals surface area contributed by atoms with Gasteiger partial charge in [-0.3, -0.25) is 4.79 Å². The number of hydrogen-bond acceptors (Lipinski definition) is 3. The van der Waals surface area contributed by atoms with E-state index < -0.39 is 12.1 Å². The number of ether oxygens (including phenoxy) is 1. The van der Waals surface area contributed by atoms with Crippen molar-refractivity contribution >= 4 is 11.9 Å². The van der Waals surface area contributed by atoms with Crippen LogP contribution in [0.3, 0.4) is 0 Å². The standard InChI is InChI=1S/C42H76O4/c1-3-5-7-9-11-13-15-17-19-20-21-22-23-24-25-27-29-31-33-35-37-39-41(43)46-40(42(44)45)38-36-34-32-30-28-26-18-16-14-12-10-8-6-4-2/h11,13,17,19,24-25,40H,3-10,12,14-16,18,20-23,26-39H2,1-2H3,(H,44,45)/b13-11-,19-17-,25-24-. The summed E-state index contributed by atoms with van der Waals surface area (Å²) < 4.78 is 5.32. The largest absolute Gasteiger partial charge is 0.479 e. The molecule has 0 bridgehead atoms. The molecule has 1 atom stereocenters. The first-order chi connectivity index (χ1) is 22.6. The normalized spacial score (nSPS) is 12.6. The van der Waals surface area contributed by atoms with Crippen LogP contribution < -0.4 is 0 Å². The quantitative estimate of drug-likeness (QED) is 0.0419. The van der Waals surface area contributed by atoms with Crippen molar-refractivity contribution in [2.75, 3.05) is 0 Å². The summed E-state index contributed by atoms with van der Waals surface area (Å²) in [6, 6.07) is 0. The van der Waals surface area contributed by atoms with Crippen LogP contribution in [-0.4, -0.2) is 23.1 Å². The molecular weight excluding hydrogens is 568 g/mol. The molecule has 0 fully saturated rings. The highest BCUT2D eigenvalue weighted by Gasteiger charge is 2.21. The predicted molar refractivity (Wildman–Crippen MR) is 199 cm³/mol. The van der Waals surface area contributed by atoms with Gasteiger partial charge in [-0.2, -0.15) is 0 Å². The van der Waals surface area contributed by atoms with Gasteiger partial charge in [0.2, 0.25) is 0 Å². The number of carboxylic acid groups (broad SMARTS) is 1. The first-order valence-electron chi connectivity index (χ1n) is 20.0. The number of carboxylic acids is 1. The zero-order chi connectivity index (χ0) is 33.6. The Morgan fingerprint density at radius 2 is 0.826 bits per heavy atom. The van der Waals surface area contributed by atoms with E-state index in [2.05, 4.69) is 50.3 Å². The van der Waals surface area contributed by atoms with Crippen LogP contribution in [0.2, 0.25) is 0 Å². The third-order valence-corrected chi connectivity index (χ3v) is 8.86. The summed E-state index contributed by atoms with van der Waals surface area (Å²) in [6.07, 6.45) is 48.9. The summed E-state index contributed by atoms with van der Waals surface area (Å²) in [5, 5.41) is 9.48. The van der Waals surface area contributed by atoms with Crippen molar-refractivity contribution in [2.24, 2.45) is 0 Å². The fraction of sp³-hybridized carbons (Fsp3) is 0.810. The maximum Gasteiger partial charge on any atom is 0.345 e. The first kappa shape index (κ1) is 44.2. The molecule has 0 aliphatic rings. The van der Waals surface area contributed by atoms with Crippen molar-refractivity contribution in [2.45, 2.75) is 219 Å². The fourth-order valence-electron chi connectivity index (χ4n) is 5.82. The molecular formula is C42H76O4. The second kappa shape index (κ2) is 37.6. The molecule has 0 radical (unpaired) electrons. The summed E-state index contributed by atoms with van der Waals surface area (Å²) in [7, 11) is 0. The molecule has 1 N–H and O–H groups in total. The summed E-state index contributed by atoms with van der Waals surface area (Å²) in [5.41, 5.74) is 0. The molecule has 4 heteroatoms. The highest BCUT2D eigenvalue weighted by molar-refractivity contribution is 5.77. The van der Waals surface area contributed by atoms with Gasteiger partial charge in [0.05, 0.1) is 0 Å². The minimum atomic E-state index is -1.01. The summed E-state index contributed by atoms with van der Waals surface area (Å²) in [4.78, 5) is 23.8. The second-order valence-electron chi connectivity index (χ2n) is 13.4. The molecule has 0 aromatic heterocycles. The average molecular weight is 645 g/mol. The van der Waals surface area contributed by atoms with E-state index in [9.17, 15) is 14.7 Å². The number of rotatable bonds is 36. The maximum absolute atomic E-state index is 12.2. The number of esters is 1. The van der Waals surface area contributed by atoms with Crippen LogP contribution in [-0.2, 0) is 14.3 Å². The predicted octanol–water partition coefficient (Wildman–Crippen LogP) is 13.8. The van der Waals surface area contributed by atoms with E-state index in [1.54, 1.807) is 0 Å². The lowest BCUT2D eigenvalue weighted by Gasteiger charge is -2.13. The summed E-state index contributed by atoms with van der Waals surface area (Å²) >= 11 is 0. The van der Waals surface area contributed by atoms with Gasteiger partial charge in [-0.1, -0.05) is 166 Å². The highest BCUT2D eigenvalue weighted by atomic mass is 16.6. The van der Waals surface area contributed by atoms with E-state index in [0.717, 1.165) is 51.4 Å². The minimum Gasteiger partial charge on any atom is -0.479 e. The van der Waals surface area contributed by atoms with E-state index in [0.29, 0.717) is 12.8 Å². The molecule has 0 rings (SSSR count). The Morgan fingerprint density at radius 3 is 1.30 bits per heavy atom. The van der Waals surface area contributed by atoms with Gasteiger partial charge in [0.25, 0.3) is 0 Å². The number of carbonyl (C=O) groups is 2. The van der Waals surface area contributed by atoms with E-state index in [1.807, 2.05) is 0 Å². The van der Waals surface area contributed by atoms with E-state index >= 15 is 0 Å². The fourth-order valence-corrected chi connectivity index (χ4v) is 5.82. The Balaban J connectivity index is 3.57. The molecule has 0 aliphatic heterocycles. The van der Waals surface area contributed by atoms with Crippen LogP contribution in [0.15, 0.2) is 36.5 Å². The molecule has 0 saturated heterocycles. The van der Waals surface area contributed by atoms with Crippen molar-refractivity contribution in [1.82, 2.24) is 0 Å². The first-order valence-corrected chi connectivity index (χ1v) is 20.0. The molecule has 4 nitrogen and oxygen atoms in total. The van der Waals surface area contributed by atoms with Gasteiger partial charge < -0.3 is 9.84 Å². The van der Waals surface area contributed by atoms with Crippen LogP contribution >= 0.6 is 0 Å². The van der Waals surface area contributed by atoms with Crippen molar-refractivity contribution in [1.29, 1.82) is 0 Å². The molecule has 0 aliphatic carbocycles. The molecule has 0 heterocycles. The molecule has 0 saturated carbocycles. The Hall–Kier alpha value is -1.84. The lowest BCUT2D eigenvalue weighted by Crippen LogP contribution is -2.27. The van der Waals surface area contributed by atoms with Crippen LogP contribution in [0.5, 0.6) is 0 Å². The van der Waals surface area contributed by atoms with Gasteiger partial charge in [-0.15, -0.1) is 0 Å². The topological polar surface area (TPSA) is 63.6 Å². The molecule has 0 amide bonds. The highest BCUT2D eigenvalue weighted by Crippen LogP contribution is 2.16. The van der Waals surface area contributed by atoms with Crippen molar-refractivity contribution in [3.8, 4) is 0 Å². The summed E-state index contributed by atoms with van der Waals surface area (Å²) in [5.74, 6) is -1.37. The van der Waals surface area contributed by atoms with Crippen LogP contribution in [0.1, 0.15) is 213 Å². The van der Waals surface area contributed by atoms with Gasteiger partial charge in [0, 0.05) is 6.42 Å². The molecule has 268 valence electrons. The number of allylic oxidation sites excluding steroid dienone is 6.